The average molecular weight is 442 g/mol. The van der Waals surface area contributed by atoms with Crippen LogP contribution in [0.15, 0.2) is 24.3 Å². The number of rotatable bonds is 4. The van der Waals surface area contributed by atoms with Crippen LogP contribution < -0.4 is 10.6 Å². The normalized spacial score (nSPS) is 21.4. The molecule has 1 aromatic carbocycles. The highest BCUT2D eigenvalue weighted by Gasteiger charge is 2.24. The molecule has 0 saturated carbocycles. The molecule has 0 radical (unpaired) electrons. The minimum Gasteiger partial charge on any atom is -0.373 e. The van der Waals surface area contributed by atoms with Crippen molar-refractivity contribution in [3.8, 4) is 0 Å². The van der Waals surface area contributed by atoms with Crippen molar-refractivity contribution >= 4 is 36.4 Å². The van der Waals surface area contributed by atoms with Gasteiger partial charge in [0.25, 0.3) is 5.91 Å². The van der Waals surface area contributed by atoms with Gasteiger partial charge in [-0.15, -0.1) is 24.8 Å². The number of H-pyrrole nitrogens is 1. The van der Waals surface area contributed by atoms with Crippen LogP contribution in [0.4, 0.5) is 5.69 Å². The van der Waals surface area contributed by atoms with Gasteiger partial charge in [0, 0.05) is 56.1 Å². The Balaban J connectivity index is 0.00000150. The molecule has 1 amide bonds. The molecule has 2 aliphatic heterocycles. The lowest BCUT2D eigenvalue weighted by Crippen LogP contribution is -2.44. The van der Waals surface area contributed by atoms with Gasteiger partial charge in [-0.25, -0.2) is 0 Å². The molecule has 2 unspecified atom stereocenters. The molecule has 1 fully saturated rings. The zero-order valence-electron chi connectivity index (χ0n) is 16.7. The number of aromatic nitrogens is 2. The highest BCUT2D eigenvalue weighted by molar-refractivity contribution is 6.04. The van der Waals surface area contributed by atoms with Gasteiger partial charge >= 0.3 is 0 Å². The summed E-state index contributed by atoms with van der Waals surface area (Å²) in [5, 5.41) is 13.6. The molecule has 3 N–H and O–H groups in total. The molecular formula is C20H29Cl2N5O2. The van der Waals surface area contributed by atoms with Crippen LogP contribution in [0.2, 0.25) is 0 Å². The van der Waals surface area contributed by atoms with E-state index in [2.05, 4.69) is 45.6 Å². The van der Waals surface area contributed by atoms with Crippen LogP contribution in [0, 0.1) is 0 Å². The molecular weight excluding hydrogens is 413 g/mol. The molecule has 2 aliphatic rings. The van der Waals surface area contributed by atoms with Crippen molar-refractivity contribution < 1.29 is 9.53 Å². The first kappa shape index (κ1) is 23.6. The minimum absolute atomic E-state index is 0. The van der Waals surface area contributed by atoms with Crippen molar-refractivity contribution in [1.82, 2.24) is 20.4 Å². The van der Waals surface area contributed by atoms with Crippen LogP contribution in [0.3, 0.4) is 0 Å². The lowest BCUT2D eigenvalue weighted by Gasteiger charge is -2.35. The maximum atomic E-state index is 12.8. The second-order valence-electron chi connectivity index (χ2n) is 7.52. The Bertz CT molecular complexity index is 819. The number of para-hydroxylation sites is 1. The van der Waals surface area contributed by atoms with Crippen molar-refractivity contribution in [3.63, 3.8) is 0 Å². The van der Waals surface area contributed by atoms with Crippen LogP contribution in [-0.2, 0) is 24.2 Å². The summed E-state index contributed by atoms with van der Waals surface area (Å²) in [5.74, 6) is -0.160. The first-order valence-electron chi connectivity index (χ1n) is 9.64. The topological polar surface area (TPSA) is 82.3 Å². The summed E-state index contributed by atoms with van der Waals surface area (Å²) < 4.78 is 5.82. The van der Waals surface area contributed by atoms with E-state index in [1.165, 1.54) is 0 Å². The summed E-state index contributed by atoms with van der Waals surface area (Å²) in [6, 6.07) is 7.99. The van der Waals surface area contributed by atoms with Gasteiger partial charge in [-0.2, -0.15) is 5.10 Å². The van der Waals surface area contributed by atoms with E-state index in [1.54, 1.807) is 0 Å². The number of fused-ring (bicyclic) bond motifs is 1. The number of nitrogens with zero attached hydrogens (tertiary/aromatic N) is 2. The van der Waals surface area contributed by atoms with Crippen molar-refractivity contribution in [2.75, 3.05) is 25.0 Å². The number of halogens is 2. The largest absolute Gasteiger partial charge is 0.373 e. The van der Waals surface area contributed by atoms with Crippen molar-refractivity contribution in [1.29, 1.82) is 0 Å². The van der Waals surface area contributed by atoms with E-state index in [0.29, 0.717) is 12.2 Å². The molecule has 9 heteroatoms. The average Bonchev–Trinajstić information content (AvgIpc) is 3.07. The van der Waals surface area contributed by atoms with Crippen LogP contribution in [0.1, 0.15) is 41.2 Å². The van der Waals surface area contributed by atoms with E-state index in [4.69, 9.17) is 4.74 Å². The number of hydrogen-bond donors (Lipinski definition) is 3. The fourth-order valence-electron chi connectivity index (χ4n) is 4.03. The van der Waals surface area contributed by atoms with E-state index < -0.39 is 0 Å². The highest BCUT2D eigenvalue weighted by Crippen LogP contribution is 2.22. The predicted molar refractivity (Wildman–Crippen MR) is 118 cm³/mol. The van der Waals surface area contributed by atoms with Gasteiger partial charge in [-0.1, -0.05) is 18.2 Å². The number of benzene rings is 1. The lowest BCUT2D eigenvalue weighted by molar-refractivity contribution is -0.0704. The lowest BCUT2D eigenvalue weighted by atomic mass is 10.1. The molecule has 160 valence electrons. The highest BCUT2D eigenvalue weighted by atomic mass is 35.5. The molecule has 0 aliphatic carbocycles. The van der Waals surface area contributed by atoms with E-state index in [0.717, 1.165) is 55.1 Å². The van der Waals surface area contributed by atoms with Gasteiger partial charge in [-0.05, 0) is 25.5 Å². The third-order valence-corrected chi connectivity index (χ3v) is 5.18. The van der Waals surface area contributed by atoms with Gasteiger partial charge in [0.2, 0.25) is 0 Å². The molecule has 1 aromatic heterocycles. The predicted octanol–water partition coefficient (Wildman–Crippen LogP) is 2.76. The maximum Gasteiger partial charge on any atom is 0.276 e. The summed E-state index contributed by atoms with van der Waals surface area (Å²) in [7, 11) is 0. The van der Waals surface area contributed by atoms with Crippen LogP contribution in [0.25, 0.3) is 0 Å². The second-order valence-corrected chi connectivity index (χ2v) is 7.52. The fraction of sp³-hybridized carbons (Fsp3) is 0.500. The Morgan fingerprint density at radius 2 is 1.97 bits per heavy atom. The smallest absolute Gasteiger partial charge is 0.276 e. The van der Waals surface area contributed by atoms with Gasteiger partial charge < -0.3 is 15.4 Å². The number of aromatic amines is 1. The first-order chi connectivity index (χ1) is 13.1. The number of amides is 1. The summed E-state index contributed by atoms with van der Waals surface area (Å²) >= 11 is 0. The molecule has 4 rings (SSSR count). The van der Waals surface area contributed by atoms with Crippen LogP contribution in [-0.4, -0.2) is 52.8 Å². The summed E-state index contributed by atoms with van der Waals surface area (Å²) in [4.78, 5) is 15.2. The third kappa shape index (κ3) is 5.49. The Labute approximate surface area is 183 Å². The van der Waals surface area contributed by atoms with Crippen LogP contribution >= 0.6 is 24.8 Å². The van der Waals surface area contributed by atoms with E-state index in [-0.39, 0.29) is 42.9 Å². The summed E-state index contributed by atoms with van der Waals surface area (Å²) in [5.41, 5.74) is 4.47. The Kier molecular flexibility index (Phi) is 8.48. The monoisotopic (exact) mass is 441 g/mol. The van der Waals surface area contributed by atoms with Gasteiger partial charge in [0.15, 0.2) is 5.69 Å². The first-order valence-corrected chi connectivity index (χ1v) is 9.64. The maximum absolute atomic E-state index is 12.8. The molecule has 3 heterocycles. The van der Waals surface area contributed by atoms with E-state index in [9.17, 15) is 4.79 Å². The molecule has 0 bridgehead atoms. The number of anilines is 1. The van der Waals surface area contributed by atoms with Crippen molar-refractivity contribution in [2.24, 2.45) is 0 Å². The van der Waals surface area contributed by atoms with E-state index >= 15 is 0 Å². The number of carbonyl (C=O) groups is 1. The summed E-state index contributed by atoms with van der Waals surface area (Å²) in [6.07, 6.45) is 1.32. The zero-order chi connectivity index (χ0) is 18.8. The fourth-order valence-corrected chi connectivity index (χ4v) is 4.03. The number of nitrogens with one attached hydrogen (secondary N) is 3. The van der Waals surface area contributed by atoms with E-state index in [1.807, 2.05) is 18.2 Å². The SMILES string of the molecule is CC1CN(Cc2ccccc2NC(=O)c2n[nH]c3c2CNCC3)CC(C)O1.Cl.Cl. The standard InChI is InChI=1S/C20H27N5O2.2ClH/c1-13-10-25(11-14(2)27-13)12-15-5-3-4-6-17(15)22-20(26)19-16-9-21-8-7-18(16)23-24-19;;/h3-6,13-14,21H,7-12H2,1-2H3,(H,22,26)(H,23,24);2*1H. The van der Waals surface area contributed by atoms with Crippen LogP contribution in [0.5, 0.6) is 0 Å². The number of carbonyl (C=O) groups excluding carboxylic acids is 1. The molecule has 1 saturated heterocycles. The molecule has 2 atom stereocenters. The zero-order valence-corrected chi connectivity index (χ0v) is 18.4. The molecule has 0 spiro atoms. The number of morpholine rings is 1. The Morgan fingerprint density at radius 3 is 2.72 bits per heavy atom. The Hall–Kier alpha value is -1.64. The second kappa shape index (κ2) is 10.4. The third-order valence-electron chi connectivity index (χ3n) is 5.18. The van der Waals surface area contributed by atoms with Gasteiger partial charge in [0.1, 0.15) is 0 Å². The van der Waals surface area contributed by atoms with Gasteiger partial charge in [0.05, 0.1) is 12.2 Å². The molecule has 29 heavy (non-hydrogen) atoms. The Morgan fingerprint density at radius 1 is 1.24 bits per heavy atom. The quantitative estimate of drug-likeness (QED) is 0.679. The molecule has 7 nitrogen and oxygen atoms in total. The number of ether oxygens (including phenoxy) is 1. The summed E-state index contributed by atoms with van der Waals surface area (Å²) in [6.45, 7) is 8.37. The van der Waals surface area contributed by atoms with Crippen molar-refractivity contribution in [2.45, 2.75) is 45.6 Å². The van der Waals surface area contributed by atoms with Crippen molar-refractivity contribution in [3.05, 3.63) is 46.8 Å². The number of hydrogen-bond acceptors (Lipinski definition) is 5. The minimum atomic E-state index is -0.160. The molecule has 2 aromatic rings. The van der Waals surface area contributed by atoms with Gasteiger partial charge in [-0.3, -0.25) is 14.8 Å².